The van der Waals surface area contributed by atoms with Crippen LogP contribution in [-0.4, -0.2) is 16.8 Å². The Bertz CT molecular complexity index is 409. The molecule has 1 aromatic heterocycles. The maximum Gasteiger partial charge on any atom is 0.0672 e. The summed E-state index contributed by atoms with van der Waals surface area (Å²) in [7, 11) is 2.06. The first-order valence-corrected chi connectivity index (χ1v) is 8.13. The Labute approximate surface area is 125 Å². The van der Waals surface area contributed by atoms with Gasteiger partial charge in [0.15, 0.2) is 0 Å². The van der Waals surface area contributed by atoms with E-state index in [-0.39, 0.29) is 0 Å². The average molecular weight is 279 g/mol. The van der Waals surface area contributed by atoms with E-state index in [1.54, 1.807) is 0 Å². The molecule has 116 valence electrons. The number of hydrogen-bond donors (Lipinski definition) is 1. The second-order valence-electron chi connectivity index (χ2n) is 6.80. The molecule has 0 saturated heterocycles. The molecule has 0 aliphatic rings. The molecule has 1 rings (SSSR count). The van der Waals surface area contributed by atoms with Crippen molar-refractivity contribution in [2.24, 2.45) is 5.41 Å². The van der Waals surface area contributed by atoms with Gasteiger partial charge in [-0.25, -0.2) is 0 Å². The number of hydrogen-bond acceptors (Lipinski definition) is 2. The van der Waals surface area contributed by atoms with Crippen molar-refractivity contribution < 1.29 is 0 Å². The molecule has 0 aliphatic carbocycles. The van der Waals surface area contributed by atoms with Gasteiger partial charge in [0.25, 0.3) is 0 Å². The molecule has 1 unspecified atom stereocenters. The fourth-order valence-electron chi connectivity index (χ4n) is 2.78. The quantitative estimate of drug-likeness (QED) is 0.814. The molecule has 0 spiro atoms. The summed E-state index contributed by atoms with van der Waals surface area (Å²) in [4.78, 5) is 0. The minimum Gasteiger partial charge on any atom is -0.313 e. The molecule has 0 amide bonds. The van der Waals surface area contributed by atoms with Gasteiger partial charge in [0.05, 0.1) is 5.69 Å². The first kappa shape index (κ1) is 17.2. The van der Waals surface area contributed by atoms with Crippen LogP contribution in [-0.2, 0) is 19.4 Å². The minimum absolute atomic E-state index is 0.358. The van der Waals surface area contributed by atoms with Crippen LogP contribution in [0.15, 0.2) is 0 Å². The lowest BCUT2D eigenvalue weighted by atomic mass is 9.92. The molecule has 0 fully saturated rings. The lowest BCUT2D eigenvalue weighted by molar-refractivity contribution is 0.337. The standard InChI is InChI=1S/C17H33N3/c1-8-13(18-7)16-14(9-2)19-20(15(16)10-3)12-11-17(4,5)6/h13,18H,8-12H2,1-7H3. The number of aromatic nitrogens is 2. The summed E-state index contributed by atoms with van der Waals surface area (Å²) in [5, 5.41) is 8.35. The summed E-state index contributed by atoms with van der Waals surface area (Å²) in [5.74, 6) is 0. The number of nitrogens with zero attached hydrogens (tertiary/aromatic N) is 2. The zero-order valence-corrected chi connectivity index (χ0v) is 14.5. The van der Waals surface area contributed by atoms with Crippen LogP contribution in [0.4, 0.5) is 0 Å². The van der Waals surface area contributed by atoms with E-state index in [0.717, 1.165) is 25.8 Å². The molecule has 1 aromatic rings. The van der Waals surface area contributed by atoms with Gasteiger partial charge in [0.1, 0.15) is 0 Å². The Morgan fingerprint density at radius 3 is 2.20 bits per heavy atom. The summed E-state index contributed by atoms with van der Waals surface area (Å²) < 4.78 is 2.26. The Morgan fingerprint density at radius 1 is 1.15 bits per heavy atom. The Balaban J connectivity index is 3.13. The van der Waals surface area contributed by atoms with Gasteiger partial charge >= 0.3 is 0 Å². The van der Waals surface area contributed by atoms with E-state index in [1.165, 1.54) is 23.4 Å². The molecule has 3 nitrogen and oxygen atoms in total. The van der Waals surface area contributed by atoms with Gasteiger partial charge in [0, 0.05) is 23.8 Å². The van der Waals surface area contributed by atoms with Crippen molar-refractivity contribution in [1.82, 2.24) is 15.1 Å². The molecular formula is C17H33N3. The molecule has 3 heteroatoms. The monoisotopic (exact) mass is 279 g/mol. The first-order chi connectivity index (χ1) is 9.37. The highest BCUT2D eigenvalue weighted by Gasteiger charge is 2.22. The van der Waals surface area contributed by atoms with Gasteiger partial charge in [-0.05, 0) is 38.1 Å². The van der Waals surface area contributed by atoms with E-state index in [1.807, 2.05) is 0 Å². The van der Waals surface area contributed by atoms with Crippen molar-refractivity contribution in [1.29, 1.82) is 0 Å². The molecular weight excluding hydrogens is 246 g/mol. The highest BCUT2D eigenvalue weighted by molar-refractivity contribution is 5.30. The number of aryl methyl sites for hydroxylation is 2. The summed E-state index contributed by atoms with van der Waals surface area (Å²) in [6.07, 6.45) is 4.36. The first-order valence-electron chi connectivity index (χ1n) is 8.13. The molecule has 1 atom stereocenters. The Morgan fingerprint density at radius 2 is 1.80 bits per heavy atom. The van der Waals surface area contributed by atoms with Crippen LogP contribution in [0.25, 0.3) is 0 Å². The van der Waals surface area contributed by atoms with Crippen LogP contribution in [0, 0.1) is 5.41 Å². The SMILES string of the molecule is CCc1nn(CCC(C)(C)C)c(CC)c1C(CC)NC. The summed E-state index contributed by atoms with van der Waals surface area (Å²) in [5.41, 5.74) is 4.51. The van der Waals surface area contributed by atoms with E-state index in [9.17, 15) is 0 Å². The minimum atomic E-state index is 0.358. The topological polar surface area (TPSA) is 29.9 Å². The van der Waals surface area contributed by atoms with Gasteiger partial charge in [-0.3, -0.25) is 4.68 Å². The van der Waals surface area contributed by atoms with Crippen molar-refractivity contribution in [3.63, 3.8) is 0 Å². The average Bonchev–Trinajstić information content (AvgIpc) is 2.75. The highest BCUT2D eigenvalue weighted by Crippen LogP contribution is 2.27. The molecule has 0 aliphatic heterocycles. The summed E-state index contributed by atoms with van der Waals surface area (Å²) in [6.45, 7) is 14.6. The van der Waals surface area contributed by atoms with Crippen molar-refractivity contribution in [2.75, 3.05) is 7.05 Å². The zero-order valence-electron chi connectivity index (χ0n) is 14.5. The third-order valence-corrected chi connectivity index (χ3v) is 4.02. The summed E-state index contributed by atoms with van der Waals surface area (Å²) in [6, 6.07) is 0.434. The van der Waals surface area contributed by atoms with Crippen LogP contribution in [0.5, 0.6) is 0 Å². The van der Waals surface area contributed by atoms with Crippen LogP contribution < -0.4 is 5.32 Å². The van der Waals surface area contributed by atoms with Crippen molar-refractivity contribution in [3.8, 4) is 0 Å². The normalized spacial score (nSPS) is 13.8. The number of rotatable bonds is 7. The van der Waals surface area contributed by atoms with E-state index in [0.29, 0.717) is 11.5 Å². The van der Waals surface area contributed by atoms with Gasteiger partial charge in [-0.15, -0.1) is 0 Å². The van der Waals surface area contributed by atoms with Crippen LogP contribution in [0.2, 0.25) is 0 Å². The third-order valence-electron chi connectivity index (χ3n) is 4.02. The van der Waals surface area contributed by atoms with Gasteiger partial charge in [-0.1, -0.05) is 41.5 Å². The molecule has 1 heterocycles. The molecule has 0 aromatic carbocycles. The molecule has 1 N–H and O–H groups in total. The maximum atomic E-state index is 4.90. The number of nitrogens with one attached hydrogen (secondary N) is 1. The van der Waals surface area contributed by atoms with Crippen molar-refractivity contribution in [3.05, 3.63) is 17.0 Å². The van der Waals surface area contributed by atoms with E-state index >= 15 is 0 Å². The second-order valence-corrected chi connectivity index (χ2v) is 6.80. The van der Waals surface area contributed by atoms with Crippen LogP contribution >= 0.6 is 0 Å². The molecule has 20 heavy (non-hydrogen) atoms. The van der Waals surface area contributed by atoms with Gasteiger partial charge < -0.3 is 5.32 Å². The largest absolute Gasteiger partial charge is 0.313 e. The van der Waals surface area contributed by atoms with Crippen LogP contribution in [0.1, 0.15) is 77.4 Å². The molecule has 0 saturated carbocycles. The zero-order chi connectivity index (χ0) is 15.3. The second kappa shape index (κ2) is 7.26. The van der Waals surface area contributed by atoms with E-state index in [2.05, 4.69) is 58.6 Å². The van der Waals surface area contributed by atoms with Crippen LogP contribution in [0.3, 0.4) is 0 Å². The smallest absolute Gasteiger partial charge is 0.0672 e. The Kier molecular flexibility index (Phi) is 6.25. The highest BCUT2D eigenvalue weighted by atomic mass is 15.3. The summed E-state index contributed by atoms with van der Waals surface area (Å²) >= 11 is 0. The predicted octanol–water partition coefficient (Wildman–Crippen LogP) is 4.11. The fraction of sp³-hybridized carbons (Fsp3) is 0.824. The third kappa shape index (κ3) is 4.08. The predicted molar refractivity (Wildman–Crippen MR) is 87.1 cm³/mol. The van der Waals surface area contributed by atoms with Gasteiger partial charge in [0.2, 0.25) is 0 Å². The van der Waals surface area contributed by atoms with Crippen molar-refractivity contribution in [2.45, 2.75) is 79.8 Å². The Hall–Kier alpha value is -0.830. The van der Waals surface area contributed by atoms with Crippen molar-refractivity contribution >= 4 is 0 Å². The fourth-order valence-corrected chi connectivity index (χ4v) is 2.78. The maximum absolute atomic E-state index is 4.90. The molecule has 0 bridgehead atoms. The lowest BCUT2D eigenvalue weighted by Crippen LogP contribution is -2.18. The lowest BCUT2D eigenvalue weighted by Gasteiger charge is -2.20. The van der Waals surface area contributed by atoms with E-state index in [4.69, 9.17) is 5.10 Å². The van der Waals surface area contributed by atoms with Gasteiger partial charge in [-0.2, -0.15) is 5.10 Å². The molecule has 0 radical (unpaired) electrons. The van der Waals surface area contributed by atoms with E-state index < -0.39 is 0 Å².